The van der Waals surface area contributed by atoms with Crippen LogP contribution in [0.25, 0.3) is 0 Å². The van der Waals surface area contributed by atoms with Gasteiger partial charge in [-0.1, -0.05) is 48.5 Å². The molecule has 0 aromatic heterocycles. The van der Waals surface area contributed by atoms with E-state index in [9.17, 15) is 13.2 Å². The van der Waals surface area contributed by atoms with Crippen molar-refractivity contribution in [2.75, 3.05) is 16.6 Å². The molecular weight excluding hydrogens is 528 g/mol. The van der Waals surface area contributed by atoms with E-state index in [2.05, 4.69) is 26.0 Å². The maximum Gasteiger partial charge on any atom is 0.261 e. The second-order valence-electron chi connectivity index (χ2n) is 7.68. The summed E-state index contributed by atoms with van der Waals surface area (Å²) in [5, 5.41) is 2.78. The van der Waals surface area contributed by atoms with E-state index in [0.29, 0.717) is 33.8 Å². The number of carbonyl (C=O) groups excluding carboxylic acids is 1. The summed E-state index contributed by atoms with van der Waals surface area (Å²) in [5.74, 6) is 0.331. The van der Waals surface area contributed by atoms with Crippen LogP contribution in [0.2, 0.25) is 0 Å². The van der Waals surface area contributed by atoms with Gasteiger partial charge in [0.05, 0.1) is 16.0 Å². The van der Waals surface area contributed by atoms with Gasteiger partial charge in [-0.15, -0.1) is 0 Å². The van der Waals surface area contributed by atoms with Crippen LogP contribution in [-0.4, -0.2) is 20.9 Å². The van der Waals surface area contributed by atoms with Crippen LogP contribution in [0.5, 0.6) is 5.75 Å². The van der Waals surface area contributed by atoms with Crippen LogP contribution in [-0.2, 0) is 16.4 Å². The molecule has 0 fully saturated rings. The smallest absolute Gasteiger partial charge is 0.261 e. The highest BCUT2D eigenvalue weighted by Crippen LogP contribution is 2.27. The molecule has 178 valence electrons. The van der Waals surface area contributed by atoms with Gasteiger partial charge in [0.15, 0.2) is 0 Å². The molecule has 0 bridgehead atoms. The molecular formula is C27H23BrN2O4S. The third-order valence-electron chi connectivity index (χ3n) is 5.13. The molecule has 2 N–H and O–H groups in total. The first-order valence-electron chi connectivity index (χ1n) is 10.9. The normalized spacial score (nSPS) is 11.0. The van der Waals surface area contributed by atoms with Gasteiger partial charge >= 0.3 is 0 Å². The zero-order chi connectivity index (χ0) is 24.7. The van der Waals surface area contributed by atoms with Gasteiger partial charge in [-0.2, -0.15) is 0 Å². The molecule has 1 amide bonds. The van der Waals surface area contributed by atoms with Crippen molar-refractivity contribution in [2.24, 2.45) is 0 Å². The Morgan fingerprint density at radius 3 is 2.11 bits per heavy atom. The summed E-state index contributed by atoms with van der Waals surface area (Å²) in [5.41, 5.74) is 2.58. The van der Waals surface area contributed by atoms with Crippen LogP contribution in [0.3, 0.4) is 0 Å². The Hall–Kier alpha value is -3.62. The molecule has 35 heavy (non-hydrogen) atoms. The summed E-state index contributed by atoms with van der Waals surface area (Å²) in [4.78, 5) is 12.8. The number of hydrogen-bond acceptors (Lipinski definition) is 4. The van der Waals surface area contributed by atoms with Crippen molar-refractivity contribution in [1.29, 1.82) is 0 Å². The molecule has 0 unspecified atom stereocenters. The Morgan fingerprint density at radius 1 is 0.800 bits per heavy atom. The molecule has 6 nitrogen and oxygen atoms in total. The summed E-state index contributed by atoms with van der Waals surface area (Å²) in [7, 11) is -3.73. The van der Waals surface area contributed by atoms with E-state index in [1.807, 2.05) is 30.3 Å². The van der Waals surface area contributed by atoms with Crippen LogP contribution < -0.4 is 14.8 Å². The number of sulfonamides is 1. The quantitative estimate of drug-likeness (QED) is 0.262. The number of ether oxygens (including phenoxy) is 1. The van der Waals surface area contributed by atoms with Crippen LogP contribution in [0.4, 0.5) is 11.4 Å². The summed E-state index contributed by atoms with van der Waals surface area (Å²) in [6.45, 7) is 0.516. The predicted octanol–water partition coefficient (Wildman–Crippen LogP) is 6.12. The van der Waals surface area contributed by atoms with Crippen LogP contribution in [0.15, 0.2) is 112 Å². The minimum Gasteiger partial charge on any atom is -0.492 e. The molecule has 0 spiro atoms. The van der Waals surface area contributed by atoms with Gasteiger partial charge in [0, 0.05) is 23.4 Å². The van der Waals surface area contributed by atoms with Gasteiger partial charge in [0.1, 0.15) is 5.75 Å². The molecule has 4 aromatic rings. The van der Waals surface area contributed by atoms with Crippen LogP contribution in [0, 0.1) is 0 Å². The van der Waals surface area contributed by atoms with Gasteiger partial charge < -0.3 is 10.1 Å². The first-order chi connectivity index (χ1) is 16.9. The number of hydrogen-bond donors (Lipinski definition) is 2. The number of nitrogens with one attached hydrogen (secondary N) is 2. The molecule has 0 aliphatic rings. The third-order valence-corrected chi connectivity index (χ3v) is 7.15. The summed E-state index contributed by atoms with van der Waals surface area (Å²) >= 11 is 3.47. The van der Waals surface area contributed by atoms with Crippen molar-refractivity contribution in [1.82, 2.24) is 0 Å². The first-order valence-corrected chi connectivity index (χ1v) is 13.1. The number of carbonyl (C=O) groups is 1. The Kier molecular flexibility index (Phi) is 7.84. The van der Waals surface area contributed by atoms with Crippen molar-refractivity contribution < 1.29 is 17.9 Å². The van der Waals surface area contributed by atoms with Gasteiger partial charge in [0.2, 0.25) is 0 Å². The zero-order valence-corrected chi connectivity index (χ0v) is 21.1. The van der Waals surface area contributed by atoms with Crippen molar-refractivity contribution in [3.05, 3.63) is 119 Å². The lowest BCUT2D eigenvalue weighted by molar-refractivity contribution is 0.102. The fraction of sp³-hybridized carbons (Fsp3) is 0.0741. The number of para-hydroxylation sites is 1. The van der Waals surface area contributed by atoms with E-state index < -0.39 is 10.0 Å². The minimum atomic E-state index is -3.73. The fourth-order valence-electron chi connectivity index (χ4n) is 3.32. The maximum atomic E-state index is 12.7. The highest BCUT2D eigenvalue weighted by molar-refractivity contribution is 9.10. The summed E-state index contributed by atoms with van der Waals surface area (Å²) < 4.78 is 34.2. The second kappa shape index (κ2) is 11.2. The lowest BCUT2D eigenvalue weighted by Gasteiger charge is -2.11. The molecule has 0 aliphatic heterocycles. The third kappa shape index (κ3) is 6.71. The number of benzene rings is 4. The number of halogens is 1. The van der Waals surface area contributed by atoms with Crippen molar-refractivity contribution in [3.63, 3.8) is 0 Å². The van der Waals surface area contributed by atoms with E-state index in [1.165, 1.54) is 17.7 Å². The monoisotopic (exact) mass is 550 g/mol. The molecule has 8 heteroatoms. The van der Waals surface area contributed by atoms with E-state index in [4.69, 9.17) is 4.74 Å². The van der Waals surface area contributed by atoms with Crippen molar-refractivity contribution in [2.45, 2.75) is 11.3 Å². The van der Waals surface area contributed by atoms with E-state index in [0.717, 1.165) is 6.42 Å². The van der Waals surface area contributed by atoms with E-state index in [-0.39, 0.29) is 10.8 Å². The SMILES string of the molecule is O=C(Nc1ccc(S(=O)(=O)Nc2ccccc2)cc1)c1ccc(OCCc2ccccc2)c(Br)c1. The van der Waals surface area contributed by atoms with Crippen molar-refractivity contribution in [3.8, 4) is 5.75 Å². The van der Waals surface area contributed by atoms with Gasteiger partial charge in [-0.05, 0) is 76.1 Å². The summed E-state index contributed by atoms with van der Waals surface area (Å²) in [6, 6.07) is 29.8. The Balaban J connectivity index is 1.35. The van der Waals surface area contributed by atoms with Gasteiger partial charge in [-0.3, -0.25) is 9.52 Å². The second-order valence-corrected chi connectivity index (χ2v) is 10.2. The average molecular weight is 551 g/mol. The van der Waals surface area contributed by atoms with Crippen LogP contribution >= 0.6 is 15.9 Å². The highest BCUT2D eigenvalue weighted by atomic mass is 79.9. The molecule has 0 radical (unpaired) electrons. The maximum absolute atomic E-state index is 12.7. The van der Waals surface area contributed by atoms with Gasteiger partial charge in [0.25, 0.3) is 15.9 Å². The van der Waals surface area contributed by atoms with Crippen LogP contribution in [0.1, 0.15) is 15.9 Å². The Labute approximate surface area is 213 Å². The lowest BCUT2D eigenvalue weighted by Crippen LogP contribution is -2.14. The first kappa shape index (κ1) is 24.5. The fourth-order valence-corrected chi connectivity index (χ4v) is 4.88. The van der Waals surface area contributed by atoms with E-state index >= 15 is 0 Å². The standard InChI is InChI=1S/C27H23BrN2O4S/c28-25-19-21(11-16-26(25)34-18-17-20-7-3-1-4-8-20)27(31)29-22-12-14-24(15-13-22)35(32,33)30-23-9-5-2-6-10-23/h1-16,19,30H,17-18H2,(H,29,31). The molecule has 0 heterocycles. The highest BCUT2D eigenvalue weighted by Gasteiger charge is 2.15. The topological polar surface area (TPSA) is 84.5 Å². The number of anilines is 2. The Morgan fingerprint density at radius 2 is 1.46 bits per heavy atom. The largest absolute Gasteiger partial charge is 0.492 e. The van der Waals surface area contributed by atoms with Gasteiger partial charge in [-0.25, -0.2) is 8.42 Å². The molecule has 4 rings (SSSR count). The molecule has 0 atom stereocenters. The number of rotatable bonds is 9. The number of amides is 1. The molecule has 0 saturated carbocycles. The predicted molar refractivity (Wildman–Crippen MR) is 141 cm³/mol. The molecule has 0 aliphatic carbocycles. The lowest BCUT2D eigenvalue weighted by atomic mass is 10.1. The van der Waals surface area contributed by atoms with E-state index in [1.54, 1.807) is 60.7 Å². The zero-order valence-electron chi connectivity index (χ0n) is 18.6. The molecule has 4 aromatic carbocycles. The summed E-state index contributed by atoms with van der Waals surface area (Å²) in [6.07, 6.45) is 0.780. The average Bonchev–Trinajstić information content (AvgIpc) is 2.86. The Bertz CT molecular complexity index is 1390. The van der Waals surface area contributed by atoms with Crippen molar-refractivity contribution >= 4 is 43.2 Å². The molecule has 0 saturated heterocycles. The minimum absolute atomic E-state index is 0.0964.